The Morgan fingerprint density at radius 2 is 1.88 bits per heavy atom. The van der Waals surface area contributed by atoms with Crippen molar-refractivity contribution in [3.63, 3.8) is 0 Å². The first-order valence-electron chi connectivity index (χ1n) is 7.22. The second-order valence-electron chi connectivity index (χ2n) is 4.84. The Bertz CT molecular complexity index is 740. The maximum atomic E-state index is 13.5. The van der Waals surface area contributed by atoms with E-state index in [9.17, 15) is 13.6 Å². The Morgan fingerprint density at radius 1 is 1.17 bits per heavy atom. The summed E-state index contributed by atoms with van der Waals surface area (Å²) in [5.74, 6) is -1.57. The van der Waals surface area contributed by atoms with Gasteiger partial charge in [-0.25, -0.2) is 8.78 Å². The standard InChI is InChI=1S/C18H17F2NO3/c1-3-5-12-8-9-15(16(10-12)23-2)24-11-17(22)21-18-13(19)6-4-7-14(18)20/h3-10H,11H2,1-2H3,(H,21,22)/b5-3+. The van der Waals surface area contributed by atoms with Crippen LogP contribution < -0.4 is 14.8 Å². The number of methoxy groups -OCH3 is 1. The molecular formula is C18H17F2NO3. The highest BCUT2D eigenvalue weighted by atomic mass is 19.1. The number of para-hydroxylation sites is 1. The smallest absolute Gasteiger partial charge is 0.262 e. The van der Waals surface area contributed by atoms with Gasteiger partial charge in [0.2, 0.25) is 0 Å². The number of carbonyl (C=O) groups excluding carboxylic acids is 1. The molecule has 6 heteroatoms. The van der Waals surface area contributed by atoms with Crippen molar-refractivity contribution < 1.29 is 23.0 Å². The molecule has 2 aromatic rings. The molecule has 0 radical (unpaired) electrons. The van der Waals surface area contributed by atoms with Gasteiger partial charge in [-0.3, -0.25) is 4.79 Å². The zero-order chi connectivity index (χ0) is 17.5. The quantitative estimate of drug-likeness (QED) is 0.868. The highest BCUT2D eigenvalue weighted by molar-refractivity contribution is 5.92. The van der Waals surface area contributed by atoms with Crippen molar-refractivity contribution in [1.82, 2.24) is 0 Å². The van der Waals surface area contributed by atoms with Crippen LogP contribution in [-0.4, -0.2) is 19.6 Å². The second-order valence-corrected chi connectivity index (χ2v) is 4.84. The van der Waals surface area contributed by atoms with Gasteiger partial charge >= 0.3 is 0 Å². The Labute approximate surface area is 138 Å². The van der Waals surface area contributed by atoms with Gasteiger partial charge in [-0.1, -0.05) is 24.3 Å². The Balaban J connectivity index is 2.04. The summed E-state index contributed by atoms with van der Waals surface area (Å²) >= 11 is 0. The largest absolute Gasteiger partial charge is 0.493 e. The van der Waals surface area contributed by atoms with Gasteiger partial charge < -0.3 is 14.8 Å². The predicted octanol–water partition coefficient (Wildman–Crippen LogP) is 4.02. The number of halogens is 2. The number of hydrogen-bond acceptors (Lipinski definition) is 3. The zero-order valence-corrected chi connectivity index (χ0v) is 13.3. The summed E-state index contributed by atoms with van der Waals surface area (Å²) in [7, 11) is 1.48. The van der Waals surface area contributed by atoms with E-state index in [0.717, 1.165) is 17.7 Å². The van der Waals surface area contributed by atoms with Crippen LogP contribution in [0.2, 0.25) is 0 Å². The summed E-state index contributed by atoms with van der Waals surface area (Å²) in [5, 5.41) is 2.15. The van der Waals surface area contributed by atoms with Crippen LogP contribution in [0.4, 0.5) is 14.5 Å². The van der Waals surface area contributed by atoms with Gasteiger partial charge in [0, 0.05) is 0 Å². The van der Waals surface area contributed by atoms with Crippen LogP contribution in [0.15, 0.2) is 42.5 Å². The van der Waals surface area contributed by atoms with Crippen LogP contribution in [0.25, 0.3) is 6.08 Å². The van der Waals surface area contributed by atoms with E-state index < -0.39 is 29.8 Å². The van der Waals surface area contributed by atoms with Crippen molar-refractivity contribution in [1.29, 1.82) is 0 Å². The molecule has 0 bridgehead atoms. The number of nitrogens with one attached hydrogen (secondary N) is 1. The summed E-state index contributed by atoms with van der Waals surface area (Å²) in [4.78, 5) is 11.8. The second kappa shape index (κ2) is 8.10. The molecule has 0 fully saturated rings. The first-order chi connectivity index (χ1) is 11.5. The van der Waals surface area contributed by atoms with E-state index in [1.54, 1.807) is 18.2 Å². The summed E-state index contributed by atoms with van der Waals surface area (Å²) in [6.07, 6.45) is 3.77. The van der Waals surface area contributed by atoms with Gasteiger partial charge in [-0.05, 0) is 36.8 Å². The van der Waals surface area contributed by atoms with Gasteiger partial charge in [-0.2, -0.15) is 0 Å². The van der Waals surface area contributed by atoms with Crippen LogP contribution in [0.3, 0.4) is 0 Å². The number of carbonyl (C=O) groups is 1. The summed E-state index contributed by atoms with van der Waals surface area (Å²) in [6, 6.07) is 8.54. The summed E-state index contributed by atoms with van der Waals surface area (Å²) in [5.41, 5.74) is 0.418. The average Bonchev–Trinajstić information content (AvgIpc) is 2.57. The average molecular weight is 333 g/mol. The molecule has 0 saturated carbocycles. The number of rotatable bonds is 6. The van der Waals surface area contributed by atoms with E-state index in [2.05, 4.69) is 5.32 Å². The maximum absolute atomic E-state index is 13.5. The van der Waals surface area contributed by atoms with Crippen LogP contribution in [0.1, 0.15) is 12.5 Å². The van der Waals surface area contributed by atoms with E-state index in [1.807, 2.05) is 19.1 Å². The lowest BCUT2D eigenvalue weighted by Gasteiger charge is -2.12. The highest BCUT2D eigenvalue weighted by Gasteiger charge is 2.13. The van der Waals surface area contributed by atoms with Crippen molar-refractivity contribution in [3.8, 4) is 11.5 Å². The fraction of sp³-hybridized carbons (Fsp3) is 0.167. The minimum atomic E-state index is -0.850. The van der Waals surface area contributed by atoms with E-state index in [-0.39, 0.29) is 0 Å². The molecular weight excluding hydrogens is 316 g/mol. The molecule has 126 valence electrons. The maximum Gasteiger partial charge on any atom is 0.262 e. The molecule has 1 amide bonds. The SMILES string of the molecule is C/C=C/c1ccc(OCC(=O)Nc2c(F)cccc2F)c(OC)c1. The number of amides is 1. The van der Waals surface area contributed by atoms with Crippen molar-refractivity contribution in [3.05, 3.63) is 59.7 Å². The molecule has 0 atom stereocenters. The lowest BCUT2D eigenvalue weighted by molar-refractivity contribution is -0.118. The van der Waals surface area contributed by atoms with Crippen LogP contribution in [-0.2, 0) is 4.79 Å². The molecule has 4 nitrogen and oxygen atoms in total. The fourth-order valence-electron chi connectivity index (χ4n) is 2.04. The normalized spacial score (nSPS) is 10.7. The Morgan fingerprint density at radius 3 is 2.50 bits per heavy atom. The molecule has 0 spiro atoms. The van der Waals surface area contributed by atoms with Gasteiger partial charge in [0.1, 0.15) is 17.3 Å². The fourth-order valence-corrected chi connectivity index (χ4v) is 2.04. The van der Waals surface area contributed by atoms with Gasteiger partial charge in [0.15, 0.2) is 18.1 Å². The molecule has 24 heavy (non-hydrogen) atoms. The first-order valence-corrected chi connectivity index (χ1v) is 7.22. The number of anilines is 1. The number of benzene rings is 2. The van der Waals surface area contributed by atoms with Crippen molar-refractivity contribution in [2.45, 2.75) is 6.92 Å². The lowest BCUT2D eigenvalue weighted by atomic mass is 10.2. The molecule has 0 heterocycles. The number of allylic oxidation sites excluding steroid dienone is 1. The molecule has 0 aliphatic carbocycles. The van der Waals surface area contributed by atoms with E-state index in [1.165, 1.54) is 13.2 Å². The van der Waals surface area contributed by atoms with E-state index in [4.69, 9.17) is 9.47 Å². The van der Waals surface area contributed by atoms with Gasteiger partial charge in [-0.15, -0.1) is 0 Å². The van der Waals surface area contributed by atoms with Crippen molar-refractivity contribution in [2.75, 3.05) is 19.0 Å². The van der Waals surface area contributed by atoms with E-state index in [0.29, 0.717) is 11.5 Å². The van der Waals surface area contributed by atoms with E-state index >= 15 is 0 Å². The third-order valence-electron chi connectivity index (χ3n) is 3.13. The minimum Gasteiger partial charge on any atom is -0.493 e. The molecule has 0 saturated heterocycles. The monoisotopic (exact) mass is 333 g/mol. The highest BCUT2D eigenvalue weighted by Crippen LogP contribution is 2.28. The van der Waals surface area contributed by atoms with Crippen LogP contribution >= 0.6 is 0 Å². The minimum absolute atomic E-state index is 0.356. The number of ether oxygens (including phenoxy) is 2. The Kier molecular flexibility index (Phi) is 5.89. The molecule has 0 unspecified atom stereocenters. The predicted molar refractivity (Wildman–Crippen MR) is 88.2 cm³/mol. The third-order valence-corrected chi connectivity index (χ3v) is 3.13. The van der Waals surface area contributed by atoms with Crippen molar-refractivity contribution in [2.24, 2.45) is 0 Å². The third kappa shape index (κ3) is 4.32. The van der Waals surface area contributed by atoms with Gasteiger partial charge in [0.25, 0.3) is 5.91 Å². The summed E-state index contributed by atoms with van der Waals surface area (Å²) in [6.45, 7) is 1.48. The molecule has 0 aromatic heterocycles. The van der Waals surface area contributed by atoms with Gasteiger partial charge in [0.05, 0.1) is 7.11 Å². The topological polar surface area (TPSA) is 47.6 Å². The van der Waals surface area contributed by atoms with Crippen LogP contribution in [0, 0.1) is 11.6 Å². The first kappa shape index (κ1) is 17.5. The van der Waals surface area contributed by atoms with Crippen molar-refractivity contribution >= 4 is 17.7 Å². The zero-order valence-electron chi connectivity index (χ0n) is 13.3. The summed E-state index contributed by atoms with van der Waals surface area (Å²) < 4.78 is 37.6. The lowest BCUT2D eigenvalue weighted by Crippen LogP contribution is -2.21. The molecule has 2 aromatic carbocycles. The number of hydrogen-bond donors (Lipinski definition) is 1. The molecule has 0 aliphatic rings. The Hall–Kier alpha value is -2.89. The molecule has 2 rings (SSSR count). The van der Waals surface area contributed by atoms with Crippen LogP contribution in [0.5, 0.6) is 11.5 Å². The molecule has 0 aliphatic heterocycles. The molecule has 1 N–H and O–H groups in total.